The van der Waals surface area contributed by atoms with E-state index in [-0.39, 0.29) is 0 Å². The van der Waals surface area contributed by atoms with E-state index >= 15 is 0 Å². The third-order valence-electron chi connectivity index (χ3n) is 2.93. The van der Waals surface area contributed by atoms with Gasteiger partial charge in [-0.15, -0.1) is 0 Å². The lowest BCUT2D eigenvalue weighted by Crippen LogP contribution is -2.37. The van der Waals surface area contributed by atoms with Crippen LogP contribution in [0.1, 0.15) is 6.92 Å². The molecule has 21 heavy (non-hydrogen) atoms. The quantitative estimate of drug-likeness (QED) is 0.722. The average Bonchev–Trinajstić information content (AvgIpc) is 2.48. The third kappa shape index (κ3) is 5.09. The Hall–Kier alpha value is -1.48. The lowest BCUT2D eigenvalue weighted by atomic mass is 10.4. The summed E-state index contributed by atoms with van der Waals surface area (Å²) in [6, 6.07) is 0. The van der Waals surface area contributed by atoms with Crippen LogP contribution in [-0.2, 0) is 15.5 Å². The van der Waals surface area contributed by atoms with Crippen molar-refractivity contribution in [1.82, 2.24) is 15.0 Å². The molecule has 0 spiro atoms. The van der Waals surface area contributed by atoms with Gasteiger partial charge in [-0.2, -0.15) is 15.0 Å². The van der Waals surface area contributed by atoms with Gasteiger partial charge in [0.25, 0.3) is 0 Å². The van der Waals surface area contributed by atoms with Crippen LogP contribution < -0.4 is 15.5 Å². The molecular formula is C12H22N6O2S. The molecule has 0 bridgehead atoms. The predicted molar refractivity (Wildman–Crippen MR) is 84.4 cm³/mol. The first-order valence-corrected chi connectivity index (χ1v) is 8.78. The third-order valence-corrected chi connectivity index (χ3v) is 3.70. The lowest BCUT2D eigenvalue weighted by molar-refractivity contribution is 0.122. The molecule has 0 amide bonds. The van der Waals surface area contributed by atoms with Crippen LogP contribution in [0.25, 0.3) is 0 Å². The Labute approximate surface area is 127 Å². The highest BCUT2D eigenvalue weighted by Gasteiger charge is 2.16. The highest BCUT2D eigenvalue weighted by atomic mass is 32.2. The molecule has 8 nitrogen and oxygen atoms in total. The summed E-state index contributed by atoms with van der Waals surface area (Å²) in [5.74, 6) is 2.26. The van der Waals surface area contributed by atoms with Crippen molar-refractivity contribution in [3.63, 3.8) is 0 Å². The van der Waals surface area contributed by atoms with Gasteiger partial charge in [-0.05, 0) is 6.92 Å². The van der Waals surface area contributed by atoms with E-state index in [4.69, 9.17) is 4.74 Å². The summed E-state index contributed by atoms with van der Waals surface area (Å²) in [5.41, 5.74) is 0. The summed E-state index contributed by atoms with van der Waals surface area (Å²) in [5, 5.41) is 6.21. The first-order valence-electron chi connectivity index (χ1n) is 7.05. The fourth-order valence-electron chi connectivity index (χ4n) is 1.89. The van der Waals surface area contributed by atoms with Gasteiger partial charge < -0.3 is 20.3 Å². The summed E-state index contributed by atoms with van der Waals surface area (Å²) >= 11 is 0. The van der Waals surface area contributed by atoms with E-state index in [1.54, 1.807) is 6.26 Å². The summed E-state index contributed by atoms with van der Waals surface area (Å²) in [6.07, 6.45) is 1.68. The van der Waals surface area contributed by atoms with Gasteiger partial charge >= 0.3 is 0 Å². The fourth-order valence-corrected chi connectivity index (χ4v) is 2.28. The Balaban J connectivity index is 2.10. The molecule has 1 aromatic heterocycles. The molecule has 0 radical (unpaired) electrons. The van der Waals surface area contributed by atoms with E-state index in [0.29, 0.717) is 43.4 Å². The smallest absolute Gasteiger partial charge is 0.232 e. The normalized spacial score (nSPS) is 16.6. The minimum atomic E-state index is -0.834. The van der Waals surface area contributed by atoms with Crippen LogP contribution >= 0.6 is 0 Å². The van der Waals surface area contributed by atoms with E-state index < -0.39 is 10.8 Å². The van der Waals surface area contributed by atoms with E-state index in [1.165, 1.54) is 0 Å². The Morgan fingerprint density at radius 3 is 2.48 bits per heavy atom. The minimum absolute atomic E-state index is 0.507. The van der Waals surface area contributed by atoms with Crippen LogP contribution in [0.3, 0.4) is 0 Å². The number of rotatable bonds is 7. The number of hydrogen-bond donors (Lipinski definition) is 2. The van der Waals surface area contributed by atoms with Gasteiger partial charge in [-0.25, -0.2) is 0 Å². The SMILES string of the molecule is CCNc1nc(NCCS(C)=O)nc(N2CCOCC2)n1. The van der Waals surface area contributed by atoms with Crippen LogP contribution in [-0.4, -0.2) is 70.6 Å². The Kier molecular flexibility index (Phi) is 6.12. The maximum absolute atomic E-state index is 11.1. The second kappa shape index (κ2) is 8.08. The summed E-state index contributed by atoms with van der Waals surface area (Å²) in [4.78, 5) is 15.3. The summed E-state index contributed by atoms with van der Waals surface area (Å²) in [6.45, 7) is 6.21. The van der Waals surface area contributed by atoms with Crippen molar-refractivity contribution in [3.05, 3.63) is 0 Å². The first-order chi connectivity index (χ1) is 10.2. The molecule has 1 aliphatic heterocycles. The van der Waals surface area contributed by atoms with Gasteiger partial charge in [-0.3, -0.25) is 4.21 Å². The van der Waals surface area contributed by atoms with Crippen molar-refractivity contribution in [2.24, 2.45) is 0 Å². The molecule has 1 aliphatic rings. The lowest BCUT2D eigenvalue weighted by Gasteiger charge is -2.27. The maximum Gasteiger partial charge on any atom is 0.232 e. The van der Waals surface area contributed by atoms with Crippen molar-refractivity contribution in [2.75, 3.05) is 66.9 Å². The van der Waals surface area contributed by atoms with Gasteiger partial charge in [0, 0.05) is 49.0 Å². The van der Waals surface area contributed by atoms with Gasteiger partial charge in [0.05, 0.1) is 13.2 Å². The Morgan fingerprint density at radius 2 is 1.86 bits per heavy atom. The molecule has 2 heterocycles. The van der Waals surface area contributed by atoms with E-state index in [9.17, 15) is 4.21 Å². The molecule has 0 saturated carbocycles. The number of aromatic nitrogens is 3. The topological polar surface area (TPSA) is 92.3 Å². The van der Waals surface area contributed by atoms with Crippen LogP contribution in [0, 0.1) is 0 Å². The van der Waals surface area contributed by atoms with Crippen LogP contribution in [0.15, 0.2) is 0 Å². The van der Waals surface area contributed by atoms with Crippen molar-refractivity contribution in [1.29, 1.82) is 0 Å². The summed E-state index contributed by atoms with van der Waals surface area (Å²) in [7, 11) is -0.834. The first kappa shape index (κ1) is 15.9. The Bertz CT molecular complexity index is 481. The number of hydrogen-bond acceptors (Lipinski definition) is 8. The minimum Gasteiger partial charge on any atom is -0.378 e. The van der Waals surface area contributed by atoms with Gasteiger partial charge in [0.2, 0.25) is 17.8 Å². The highest BCUT2D eigenvalue weighted by Crippen LogP contribution is 2.14. The molecule has 1 saturated heterocycles. The molecule has 1 aromatic rings. The van der Waals surface area contributed by atoms with E-state index in [0.717, 1.165) is 19.6 Å². The molecule has 2 rings (SSSR count). The molecule has 1 unspecified atom stereocenters. The zero-order valence-corrected chi connectivity index (χ0v) is 13.3. The number of nitrogens with zero attached hydrogens (tertiary/aromatic N) is 4. The molecule has 1 atom stereocenters. The van der Waals surface area contributed by atoms with Crippen molar-refractivity contribution >= 4 is 28.6 Å². The Morgan fingerprint density at radius 1 is 1.19 bits per heavy atom. The summed E-state index contributed by atoms with van der Waals surface area (Å²) < 4.78 is 16.4. The second-order valence-electron chi connectivity index (χ2n) is 4.62. The second-order valence-corrected chi connectivity index (χ2v) is 6.17. The average molecular weight is 314 g/mol. The zero-order valence-electron chi connectivity index (χ0n) is 12.5. The molecule has 2 N–H and O–H groups in total. The molecule has 0 aliphatic carbocycles. The highest BCUT2D eigenvalue weighted by molar-refractivity contribution is 7.84. The van der Waals surface area contributed by atoms with Gasteiger partial charge in [0.15, 0.2) is 0 Å². The van der Waals surface area contributed by atoms with Crippen molar-refractivity contribution in [2.45, 2.75) is 6.92 Å². The molecule has 0 aromatic carbocycles. The molecule has 9 heteroatoms. The molecule has 118 valence electrons. The standard InChI is InChI=1S/C12H22N6O2S/c1-3-13-10-15-11(14-4-9-21(2)19)17-12(16-10)18-5-7-20-8-6-18/h3-9H2,1-2H3,(H2,13,14,15,16,17). The predicted octanol–water partition coefficient (Wildman–Crippen LogP) is -0.0696. The van der Waals surface area contributed by atoms with Crippen molar-refractivity contribution < 1.29 is 8.95 Å². The number of ether oxygens (including phenoxy) is 1. The van der Waals surface area contributed by atoms with Gasteiger partial charge in [-0.1, -0.05) is 0 Å². The molecule has 1 fully saturated rings. The van der Waals surface area contributed by atoms with Crippen LogP contribution in [0.5, 0.6) is 0 Å². The fraction of sp³-hybridized carbons (Fsp3) is 0.750. The zero-order chi connectivity index (χ0) is 15.1. The number of nitrogens with one attached hydrogen (secondary N) is 2. The number of anilines is 3. The van der Waals surface area contributed by atoms with E-state index in [1.807, 2.05) is 6.92 Å². The maximum atomic E-state index is 11.1. The van der Waals surface area contributed by atoms with Crippen LogP contribution in [0.4, 0.5) is 17.8 Å². The van der Waals surface area contributed by atoms with Gasteiger partial charge in [0.1, 0.15) is 0 Å². The molecular weight excluding hydrogens is 292 g/mol. The van der Waals surface area contributed by atoms with Crippen LogP contribution in [0.2, 0.25) is 0 Å². The monoisotopic (exact) mass is 314 g/mol. The van der Waals surface area contributed by atoms with Crippen molar-refractivity contribution in [3.8, 4) is 0 Å². The largest absolute Gasteiger partial charge is 0.378 e. The number of morpholine rings is 1. The van der Waals surface area contributed by atoms with E-state index in [2.05, 4.69) is 30.5 Å².